The van der Waals surface area contributed by atoms with E-state index in [1.54, 1.807) is 0 Å². The number of hydroxylamine groups is 2. The van der Waals surface area contributed by atoms with Crippen LogP contribution in [0.5, 0.6) is 0 Å². The molecule has 0 atom stereocenters. The molecule has 0 aromatic carbocycles. The molecular formula is C14H32N2O8. The normalized spacial score (nSPS) is 11.5. The second-order valence-electron chi connectivity index (χ2n) is 4.41. The third-order valence-corrected chi connectivity index (χ3v) is 2.45. The molecule has 0 fully saturated rings. The van der Waals surface area contributed by atoms with Crippen molar-refractivity contribution in [3.63, 3.8) is 0 Å². The average Bonchev–Trinajstić information content (AvgIpc) is 2.59. The number of hydrogen-bond acceptors (Lipinski definition) is 10. The molecular weight excluding hydrogens is 324 g/mol. The van der Waals surface area contributed by atoms with Crippen LogP contribution in [0.1, 0.15) is 0 Å². The zero-order valence-corrected chi connectivity index (χ0v) is 14.3. The highest BCUT2D eigenvalue weighted by Crippen LogP contribution is 1.93. The zero-order valence-electron chi connectivity index (χ0n) is 14.3. The van der Waals surface area contributed by atoms with Crippen molar-refractivity contribution in [3.05, 3.63) is 0 Å². The molecule has 0 aliphatic heterocycles. The largest absolute Gasteiger partial charge is 0.394 e. The number of hydrogen-bond donors (Lipinski definition) is 3. The lowest BCUT2D eigenvalue weighted by molar-refractivity contribution is -0.371. The first-order valence-corrected chi connectivity index (χ1v) is 8.11. The topological polar surface area (TPSA) is 125 Å². The molecule has 4 N–H and O–H groups in total. The van der Waals surface area contributed by atoms with Gasteiger partial charge in [0.2, 0.25) is 0 Å². The Balaban J connectivity index is 3.43. The molecule has 0 heterocycles. The molecule has 0 aliphatic carbocycles. The van der Waals surface area contributed by atoms with Crippen LogP contribution in [0.3, 0.4) is 0 Å². The number of ether oxygens (including phenoxy) is 4. The van der Waals surface area contributed by atoms with Crippen molar-refractivity contribution in [3.8, 4) is 0 Å². The molecule has 0 aromatic rings. The smallest absolute Gasteiger partial charge is 0.0945 e. The molecule has 0 radical (unpaired) electrons. The number of aliphatic hydroxyl groups is 2. The van der Waals surface area contributed by atoms with E-state index in [0.717, 1.165) is 0 Å². The number of nitrogens with two attached hydrogens (primary N) is 1. The van der Waals surface area contributed by atoms with Gasteiger partial charge in [-0.2, -0.15) is 0 Å². The van der Waals surface area contributed by atoms with E-state index in [-0.39, 0.29) is 13.2 Å². The monoisotopic (exact) mass is 356 g/mol. The van der Waals surface area contributed by atoms with Gasteiger partial charge in [0.15, 0.2) is 0 Å². The summed E-state index contributed by atoms with van der Waals surface area (Å²) in [5.41, 5.74) is 5.49. The molecule has 10 nitrogen and oxygen atoms in total. The Bertz CT molecular complexity index is 219. The Morgan fingerprint density at radius 1 is 0.583 bits per heavy atom. The van der Waals surface area contributed by atoms with Gasteiger partial charge in [-0.3, -0.25) is 9.68 Å². The lowest BCUT2D eigenvalue weighted by Crippen LogP contribution is -2.32. The van der Waals surface area contributed by atoms with Crippen molar-refractivity contribution in [2.45, 2.75) is 0 Å². The second-order valence-corrected chi connectivity index (χ2v) is 4.41. The Kier molecular flexibility index (Phi) is 20.3. The molecule has 0 unspecified atom stereocenters. The van der Waals surface area contributed by atoms with Gasteiger partial charge in [-0.15, -0.1) is 0 Å². The van der Waals surface area contributed by atoms with E-state index >= 15 is 0 Å². The number of nitrogens with zero attached hydrogens (tertiary/aromatic N) is 1. The molecule has 0 aliphatic rings. The lowest BCUT2D eigenvalue weighted by Gasteiger charge is -2.20. The molecule has 146 valence electrons. The van der Waals surface area contributed by atoms with Gasteiger partial charge in [-0.25, -0.2) is 0 Å². The molecule has 10 heteroatoms. The van der Waals surface area contributed by atoms with E-state index < -0.39 is 0 Å². The quantitative estimate of drug-likeness (QED) is 0.169. The van der Waals surface area contributed by atoms with E-state index in [1.165, 1.54) is 5.23 Å². The second kappa shape index (κ2) is 20.6. The highest BCUT2D eigenvalue weighted by molar-refractivity contribution is 4.37. The Labute approximate surface area is 143 Å². The van der Waals surface area contributed by atoms with E-state index in [9.17, 15) is 0 Å². The first-order chi connectivity index (χ1) is 11.8. The van der Waals surface area contributed by atoms with E-state index in [1.807, 2.05) is 0 Å². The minimum Gasteiger partial charge on any atom is -0.394 e. The van der Waals surface area contributed by atoms with Crippen molar-refractivity contribution in [2.75, 3.05) is 92.4 Å². The first kappa shape index (κ1) is 23.6. The van der Waals surface area contributed by atoms with Crippen molar-refractivity contribution < 1.29 is 38.8 Å². The fraction of sp³-hybridized carbons (Fsp3) is 1.00. The van der Waals surface area contributed by atoms with E-state index in [2.05, 4.69) is 0 Å². The summed E-state index contributed by atoms with van der Waals surface area (Å²) in [5.74, 6) is 0. The maximum Gasteiger partial charge on any atom is 0.0945 e. The van der Waals surface area contributed by atoms with Crippen LogP contribution in [0.25, 0.3) is 0 Å². The van der Waals surface area contributed by atoms with Gasteiger partial charge < -0.3 is 34.9 Å². The SMILES string of the molecule is NCCN(OCCOCCOCCO)OCCOCCOCCO. The van der Waals surface area contributed by atoms with Gasteiger partial charge in [0.05, 0.1) is 85.8 Å². The third kappa shape index (κ3) is 17.9. The minimum absolute atomic E-state index is 0.00783. The Hall–Kier alpha value is -0.400. The molecule has 0 saturated carbocycles. The van der Waals surface area contributed by atoms with Gasteiger partial charge in [-0.1, -0.05) is 5.23 Å². The fourth-order valence-electron chi connectivity index (χ4n) is 1.44. The van der Waals surface area contributed by atoms with Crippen LogP contribution in [0.15, 0.2) is 0 Å². The first-order valence-electron chi connectivity index (χ1n) is 8.11. The van der Waals surface area contributed by atoms with Gasteiger partial charge in [-0.05, 0) is 0 Å². The molecule has 0 spiro atoms. The molecule has 0 saturated heterocycles. The van der Waals surface area contributed by atoms with Crippen molar-refractivity contribution in [1.29, 1.82) is 0 Å². The van der Waals surface area contributed by atoms with Crippen LogP contribution in [0.4, 0.5) is 0 Å². The molecule has 0 aromatic heterocycles. The van der Waals surface area contributed by atoms with Crippen LogP contribution in [-0.4, -0.2) is 108 Å². The van der Waals surface area contributed by atoms with Gasteiger partial charge in [0.1, 0.15) is 0 Å². The maximum absolute atomic E-state index is 8.53. The zero-order chi connectivity index (χ0) is 17.7. The third-order valence-electron chi connectivity index (χ3n) is 2.45. The number of rotatable bonds is 20. The van der Waals surface area contributed by atoms with Crippen molar-refractivity contribution in [2.24, 2.45) is 5.73 Å². The van der Waals surface area contributed by atoms with Gasteiger partial charge in [0, 0.05) is 6.54 Å². The summed E-state index contributed by atoms with van der Waals surface area (Å²) in [7, 11) is 0. The minimum atomic E-state index is 0.00783. The maximum atomic E-state index is 8.53. The van der Waals surface area contributed by atoms with Crippen LogP contribution < -0.4 is 5.73 Å². The van der Waals surface area contributed by atoms with Gasteiger partial charge >= 0.3 is 0 Å². The highest BCUT2D eigenvalue weighted by atomic mass is 16.9. The summed E-state index contributed by atoms with van der Waals surface area (Å²) >= 11 is 0. The predicted molar refractivity (Wildman–Crippen MR) is 85.1 cm³/mol. The van der Waals surface area contributed by atoms with Crippen LogP contribution in [0, 0.1) is 0 Å². The molecule has 0 rings (SSSR count). The molecule has 24 heavy (non-hydrogen) atoms. The van der Waals surface area contributed by atoms with E-state index in [0.29, 0.717) is 79.2 Å². The summed E-state index contributed by atoms with van der Waals surface area (Å²) in [4.78, 5) is 10.8. The molecule has 0 bridgehead atoms. The summed E-state index contributed by atoms with van der Waals surface area (Å²) in [6.07, 6.45) is 0. The molecule has 0 amide bonds. The fourth-order valence-corrected chi connectivity index (χ4v) is 1.44. The predicted octanol–water partition coefficient (Wildman–Crippen LogP) is -1.84. The summed E-state index contributed by atoms with van der Waals surface area (Å²) in [5, 5.41) is 18.4. The van der Waals surface area contributed by atoms with E-state index in [4.69, 9.17) is 44.6 Å². The van der Waals surface area contributed by atoms with Crippen molar-refractivity contribution >= 4 is 0 Å². The standard InChI is InChI=1S/C14H32N2O8/c15-1-2-16(23-13-11-21-9-7-19-5-3-17)24-14-12-22-10-8-20-6-4-18/h17-18H,1-15H2. The average molecular weight is 356 g/mol. The highest BCUT2D eigenvalue weighted by Gasteiger charge is 2.05. The van der Waals surface area contributed by atoms with Crippen LogP contribution >= 0.6 is 0 Å². The number of aliphatic hydroxyl groups excluding tert-OH is 2. The van der Waals surface area contributed by atoms with Crippen LogP contribution in [-0.2, 0) is 28.6 Å². The Morgan fingerprint density at radius 3 is 1.33 bits per heavy atom. The summed E-state index contributed by atoms with van der Waals surface area (Å²) < 4.78 is 20.7. The summed E-state index contributed by atoms with van der Waals surface area (Å²) in [6.45, 7) is 4.66. The lowest BCUT2D eigenvalue weighted by atomic mass is 10.7. The van der Waals surface area contributed by atoms with Crippen LogP contribution in [0.2, 0.25) is 0 Å². The Morgan fingerprint density at radius 2 is 0.958 bits per heavy atom. The van der Waals surface area contributed by atoms with Gasteiger partial charge in [0.25, 0.3) is 0 Å². The van der Waals surface area contributed by atoms with Crippen molar-refractivity contribution in [1.82, 2.24) is 5.23 Å². The summed E-state index contributed by atoms with van der Waals surface area (Å²) in [6, 6.07) is 0.